The number of dihydropyridines is 1. The third kappa shape index (κ3) is 4.73. The molecular formula is C21H28ClN3O3S. The summed E-state index contributed by atoms with van der Waals surface area (Å²) < 4.78 is 6.12. The van der Waals surface area contributed by atoms with E-state index in [0.717, 1.165) is 49.4 Å². The van der Waals surface area contributed by atoms with E-state index in [1.165, 1.54) is 11.3 Å². The molecule has 0 saturated carbocycles. The van der Waals surface area contributed by atoms with E-state index in [4.69, 9.17) is 16.3 Å². The van der Waals surface area contributed by atoms with E-state index >= 15 is 0 Å². The fourth-order valence-electron chi connectivity index (χ4n) is 4.04. The topological polar surface area (TPSA) is 71.0 Å². The average Bonchev–Trinajstić information content (AvgIpc) is 2.97. The first kappa shape index (κ1) is 22.0. The summed E-state index contributed by atoms with van der Waals surface area (Å²) in [7, 11) is 0. The molecule has 8 heteroatoms. The largest absolute Gasteiger partial charge is 0.381 e. The van der Waals surface area contributed by atoms with Crippen molar-refractivity contribution in [1.29, 1.82) is 0 Å². The molecule has 0 bridgehead atoms. The Morgan fingerprint density at radius 2 is 2.03 bits per heavy atom. The van der Waals surface area contributed by atoms with Gasteiger partial charge in [0.15, 0.2) is 0 Å². The molecule has 1 atom stereocenters. The van der Waals surface area contributed by atoms with Gasteiger partial charge < -0.3 is 15.0 Å². The lowest BCUT2D eigenvalue weighted by atomic mass is 9.96. The predicted octanol–water partition coefficient (Wildman–Crippen LogP) is 4.01. The molecule has 29 heavy (non-hydrogen) atoms. The molecule has 3 heterocycles. The molecule has 0 aromatic carbocycles. The van der Waals surface area contributed by atoms with Crippen molar-refractivity contribution < 1.29 is 14.3 Å². The van der Waals surface area contributed by atoms with Gasteiger partial charge in [-0.15, -0.1) is 11.3 Å². The number of thiophene rings is 1. The lowest BCUT2D eigenvalue weighted by Gasteiger charge is -2.35. The van der Waals surface area contributed by atoms with Crippen molar-refractivity contribution in [2.75, 3.05) is 31.2 Å². The van der Waals surface area contributed by atoms with Gasteiger partial charge in [0.05, 0.1) is 16.5 Å². The van der Waals surface area contributed by atoms with Crippen LogP contribution in [0, 0.1) is 12.8 Å². The Kier molecular flexibility index (Phi) is 7.14. The number of nitrogens with zero attached hydrogens (tertiary/aromatic N) is 2. The van der Waals surface area contributed by atoms with Crippen LogP contribution < -0.4 is 10.2 Å². The van der Waals surface area contributed by atoms with Crippen LogP contribution in [0.2, 0.25) is 4.34 Å². The van der Waals surface area contributed by atoms with E-state index in [1.54, 1.807) is 6.92 Å². The van der Waals surface area contributed by atoms with Crippen LogP contribution in [0.25, 0.3) is 0 Å². The highest BCUT2D eigenvalue weighted by molar-refractivity contribution is 7.19. The predicted molar refractivity (Wildman–Crippen MR) is 119 cm³/mol. The Bertz CT molecular complexity index is 856. The molecule has 1 N–H and O–H groups in total. The first-order valence-corrected chi connectivity index (χ1v) is 11.2. The van der Waals surface area contributed by atoms with Crippen LogP contribution in [0.3, 0.4) is 0 Å². The zero-order valence-corrected chi connectivity index (χ0v) is 19.0. The van der Waals surface area contributed by atoms with Crippen molar-refractivity contribution in [3.8, 4) is 0 Å². The van der Waals surface area contributed by atoms with Gasteiger partial charge in [-0.1, -0.05) is 17.2 Å². The lowest BCUT2D eigenvalue weighted by Crippen LogP contribution is -2.39. The minimum absolute atomic E-state index is 0.199. The van der Waals surface area contributed by atoms with Gasteiger partial charge in [0.2, 0.25) is 0 Å². The number of amides is 2. The summed E-state index contributed by atoms with van der Waals surface area (Å²) in [6.07, 6.45) is 3.79. The molecule has 0 aliphatic carbocycles. The number of aliphatic imine (C=N–C) groups is 1. The molecule has 1 fully saturated rings. The number of anilines is 1. The van der Waals surface area contributed by atoms with E-state index in [-0.39, 0.29) is 18.4 Å². The SMILES string of the molecule is CCN(c1c(Cl)sc(C(=O)NCC2C(=O)N=C(C)C=C2C)c1C)C1CCOCC1. The monoisotopic (exact) mass is 437 g/mol. The van der Waals surface area contributed by atoms with Gasteiger partial charge in [0, 0.05) is 38.1 Å². The molecule has 0 radical (unpaired) electrons. The smallest absolute Gasteiger partial charge is 0.261 e. The fourth-order valence-corrected chi connectivity index (χ4v) is 5.48. The van der Waals surface area contributed by atoms with Gasteiger partial charge in [0.1, 0.15) is 4.34 Å². The molecule has 1 aromatic heterocycles. The Morgan fingerprint density at radius 3 is 2.66 bits per heavy atom. The second-order valence-electron chi connectivity index (χ2n) is 7.55. The molecule has 158 valence electrons. The Labute approximate surface area is 181 Å². The minimum Gasteiger partial charge on any atom is -0.381 e. The first-order valence-electron chi connectivity index (χ1n) is 10.0. The number of carbonyl (C=O) groups is 2. The maximum Gasteiger partial charge on any atom is 0.261 e. The summed E-state index contributed by atoms with van der Waals surface area (Å²) in [5.74, 6) is -0.816. The summed E-state index contributed by atoms with van der Waals surface area (Å²) in [4.78, 5) is 31.9. The first-order chi connectivity index (χ1) is 13.8. The van der Waals surface area contributed by atoms with Crippen LogP contribution >= 0.6 is 22.9 Å². The molecule has 3 rings (SSSR count). The number of halogens is 1. The highest BCUT2D eigenvalue weighted by Crippen LogP contribution is 2.41. The molecular weight excluding hydrogens is 410 g/mol. The zero-order valence-electron chi connectivity index (χ0n) is 17.4. The molecule has 2 aliphatic heterocycles. The molecule has 6 nitrogen and oxygen atoms in total. The number of carbonyl (C=O) groups excluding carboxylic acids is 2. The zero-order chi connectivity index (χ0) is 21.1. The van der Waals surface area contributed by atoms with Gasteiger partial charge in [-0.25, -0.2) is 4.99 Å². The van der Waals surface area contributed by atoms with E-state index in [0.29, 0.717) is 21.0 Å². The van der Waals surface area contributed by atoms with E-state index in [1.807, 2.05) is 19.9 Å². The van der Waals surface area contributed by atoms with Crippen molar-refractivity contribution in [3.63, 3.8) is 0 Å². The van der Waals surface area contributed by atoms with Crippen LogP contribution in [-0.4, -0.2) is 49.9 Å². The summed E-state index contributed by atoms with van der Waals surface area (Å²) in [5, 5.41) is 2.91. The number of nitrogens with one attached hydrogen (secondary N) is 1. The Balaban J connectivity index is 1.74. The standard InChI is InChI=1S/C21H28ClN3O3S/c1-5-25(15-6-8-28-9-7-15)17-14(4)18(29-19(17)22)21(27)23-11-16-12(2)10-13(3)24-20(16)26/h10,15-16H,5-9,11H2,1-4H3,(H,23,27). The van der Waals surface area contributed by atoms with Crippen molar-refractivity contribution in [3.05, 3.63) is 26.4 Å². The normalized spacial score (nSPS) is 20.3. The highest BCUT2D eigenvalue weighted by atomic mass is 35.5. The lowest BCUT2D eigenvalue weighted by molar-refractivity contribution is -0.120. The van der Waals surface area contributed by atoms with Crippen LogP contribution in [0.5, 0.6) is 0 Å². The third-order valence-corrected chi connectivity index (χ3v) is 7.06. The average molecular weight is 438 g/mol. The maximum absolute atomic E-state index is 12.9. The van der Waals surface area contributed by atoms with Crippen LogP contribution in [-0.2, 0) is 9.53 Å². The Hall–Kier alpha value is -1.70. The molecule has 2 aliphatic rings. The van der Waals surface area contributed by atoms with Gasteiger partial charge in [-0.3, -0.25) is 9.59 Å². The third-order valence-electron chi connectivity index (χ3n) is 5.58. The molecule has 1 saturated heterocycles. The Morgan fingerprint density at radius 1 is 1.34 bits per heavy atom. The number of ether oxygens (including phenoxy) is 1. The summed E-state index contributed by atoms with van der Waals surface area (Å²) >= 11 is 7.88. The van der Waals surface area contributed by atoms with Crippen molar-refractivity contribution in [2.45, 2.75) is 46.6 Å². The van der Waals surface area contributed by atoms with E-state index in [2.05, 4.69) is 22.1 Å². The van der Waals surface area contributed by atoms with E-state index < -0.39 is 5.92 Å². The van der Waals surface area contributed by atoms with Crippen LogP contribution in [0.4, 0.5) is 5.69 Å². The molecule has 1 aromatic rings. The van der Waals surface area contributed by atoms with Gasteiger partial charge >= 0.3 is 0 Å². The number of rotatable bonds is 6. The summed E-state index contributed by atoms with van der Waals surface area (Å²) in [6.45, 7) is 10.3. The number of hydrogen-bond donors (Lipinski definition) is 1. The second-order valence-corrected chi connectivity index (χ2v) is 9.17. The van der Waals surface area contributed by atoms with Crippen molar-refractivity contribution >= 4 is 46.2 Å². The second kappa shape index (κ2) is 9.41. The fraction of sp³-hybridized carbons (Fsp3) is 0.571. The summed E-state index contributed by atoms with van der Waals surface area (Å²) in [5.41, 5.74) is 3.46. The number of allylic oxidation sites excluding steroid dienone is 1. The van der Waals surface area contributed by atoms with E-state index in [9.17, 15) is 9.59 Å². The quantitative estimate of drug-likeness (QED) is 0.729. The van der Waals surface area contributed by atoms with Crippen molar-refractivity contribution in [1.82, 2.24) is 5.32 Å². The molecule has 0 spiro atoms. The summed E-state index contributed by atoms with van der Waals surface area (Å²) in [6, 6.07) is 0.365. The van der Waals surface area contributed by atoms with Crippen molar-refractivity contribution in [2.24, 2.45) is 10.9 Å². The molecule has 2 amide bonds. The highest BCUT2D eigenvalue weighted by Gasteiger charge is 2.29. The van der Waals surface area contributed by atoms with Gasteiger partial charge in [0.25, 0.3) is 11.8 Å². The minimum atomic E-state index is -0.410. The van der Waals surface area contributed by atoms with Crippen LogP contribution in [0.1, 0.15) is 48.8 Å². The van der Waals surface area contributed by atoms with Gasteiger partial charge in [-0.05, 0) is 52.2 Å². The molecule has 1 unspecified atom stereocenters. The maximum atomic E-state index is 12.9. The van der Waals surface area contributed by atoms with Crippen LogP contribution in [0.15, 0.2) is 16.6 Å². The van der Waals surface area contributed by atoms with Gasteiger partial charge in [-0.2, -0.15) is 0 Å². The number of hydrogen-bond acceptors (Lipinski definition) is 5.